The number of benzene rings is 1. The monoisotopic (exact) mass is 385 g/mol. The highest BCUT2D eigenvalue weighted by Crippen LogP contribution is 2.27. The standard InChI is InChI=1S/C11H13BrClNO3S2/c12-10-2-1-9(8-13)7-11(10)19(16,17)14-3-5-18(15)6-4-14/h1-2,7H,3-6,8H2. The summed E-state index contributed by atoms with van der Waals surface area (Å²) in [5.74, 6) is 1.05. The second kappa shape index (κ2) is 6.22. The Labute approximate surface area is 128 Å². The van der Waals surface area contributed by atoms with Gasteiger partial charge in [0, 0.05) is 45.7 Å². The maximum absolute atomic E-state index is 12.5. The van der Waals surface area contributed by atoms with Crippen molar-refractivity contribution in [2.75, 3.05) is 24.6 Å². The smallest absolute Gasteiger partial charge is 0.244 e. The van der Waals surface area contributed by atoms with Crippen LogP contribution in [0.4, 0.5) is 0 Å². The number of hydrogen-bond acceptors (Lipinski definition) is 3. The maximum Gasteiger partial charge on any atom is 0.244 e. The average molecular weight is 387 g/mol. The lowest BCUT2D eigenvalue weighted by Crippen LogP contribution is -2.41. The second-order valence-electron chi connectivity index (χ2n) is 4.15. The maximum atomic E-state index is 12.5. The predicted molar refractivity (Wildman–Crippen MR) is 80.3 cm³/mol. The fourth-order valence-corrected chi connectivity index (χ4v) is 5.70. The van der Waals surface area contributed by atoms with Gasteiger partial charge in [0.1, 0.15) is 0 Å². The molecular weight excluding hydrogens is 374 g/mol. The largest absolute Gasteiger partial charge is 0.259 e. The number of nitrogens with zero attached hydrogens (tertiary/aromatic N) is 1. The molecular formula is C11H13BrClNO3S2. The predicted octanol–water partition coefficient (Wildman–Crippen LogP) is 1.94. The summed E-state index contributed by atoms with van der Waals surface area (Å²) in [5.41, 5.74) is 0.754. The molecule has 0 N–H and O–H groups in total. The van der Waals surface area contributed by atoms with Crippen LogP contribution in [0.15, 0.2) is 27.6 Å². The van der Waals surface area contributed by atoms with Crippen molar-refractivity contribution in [3.63, 3.8) is 0 Å². The van der Waals surface area contributed by atoms with Crippen LogP contribution in [0, 0.1) is 0 Å². The van der Waals surface area contributed by atoms with Gasteiger partial charge in [-0.05, 0) is 33.6 Å². The van der Waals surface area contributed by atoms with E-state index >= 15 is 0 Å². The molecule has 0 radical (unpaired) electrons. The zero-order chi connectivity index (χ0) is 14.0. The molecule has 19 heavy (non-hydrogen) atoms. The van der Waals surface area contributed by atoms with E-state index in [1.165, 1.54) is 4.31 Å². The van der Waals surface area contributed by atoms with E-state index in [0.717, 1.165) is 5.56 Å². The number of halogens is 2. The molecule has 1 aromatic carbocycles. The number of alkyl halides is 1. The van der Waals surface area contributed by atoms with E-state index < -0.39 is 20.8 Å². The van der Waals surface area contributed by atoms with Crippen LogP contribution in [-0.2, 0) is 26.7 Å². The number of hydrogen-bond donors (Lipinski definition) is 0. The van der Waals surface area contributed by atoms with Gasteiger partial charge in [0.15, 0.2) is 0 Å². The van der Waals surface area contributed by atoms with Gasteiger partial charge in [-0.3, -0.25) is 4.21 Å². The quantitative estimate of drug-likeness (QED) is 0.746. The van der Waals surface area contributed by atoms with E-state index in [1.54, 1.807) is 18.2 Å². The Kier molecular flexibility index (Phi) is 5.05. The highest BCUT2D eigenvalue weighted by atomic mass is 79.9. The first-order chi connectivity index (χ1) is 8.95. The molecule has 4 nitrogen and oxygen atoms in total. The van der Waals surface area contributed by atoms with Crippen LogP contribution in [0.3, 0.4) is 0 Å². The van der Waals surface area contributed by atoms with Gasteiger partial charge in [0.25, 0.3) is 0 Å². The van der Waals surface area contributed by atoms with Gasteiger partial charge in [-0.25, -0.2) is 8.42 Å². The molecule has 0 atom stereocenters. The van der Waals surface area contributed by atoms with Crippen molar-refractivity contribution in [1.29, 1.82) is 0 Å². The van der Waals surface area contributed by atoms with Gasteiger partial charge in [-0.15, -0.1) is 11.6 Å². The van der Waals surface area contributed by atoms with Crippen LogP contribution in [0.1, 0.15) is 5.56 Å². The third-order valence-corrected chi connectivity index (χ3v) is 7.38. The minimum atomic E-state index is -3.56. The topological polar surface area (TPSA) is 54.5 Å². The first kappa shape index (κ1) is 15.4. The van der Waals surface area contributed by atoms with Crippen molar-refractivity contribution in [2.24, 2.45) is 0 Å². The highest BCUT2D eigenvalue weighted by Gasteiger charge is 2.29. The van der Waals surface area contributed by atoms with E-state index in [9.17, 15) is 12.6 Å². The van der Waals surface area contributed by atoms with Gasteiger partial charge in [0.2, 0.25) is 10.0 Å². The zero-order valence-corrected chi connectivity index (χ0v) is 14.0. The first-order valence-corrected chi connectivity index (χ1v) is 9.90. The number of rotatable bonds is 3. The summed E-state index contributed by atoms with van der Waals surface area (Å²) in [5, 5.41) is 0. The van der Waals surface area contributed by atoms with Crippen LogP contribution >= 0.6 is 27.5 Å². The Morgan fingerprint density at radius 3 is 2.53 bits per heavy atom. The molecule has 1 aliphatic rings. The van der Waals surface area contributed by atoms with Crippen molar-refractivity contribution in [3.8, 4) is 0 Å². The van der Waals surface area contributed by atoms with Crippen molar-refractivity contribution in [3.05, 3.63) is 28.2 Å². The Bertz CT molecular complexity index is 596. The van der Waals surface area contributed by atoms with Crippen LogP contribution in [0.2, 0.25) is 0 Å². The lowest BCUT2D eigenvalue weighted by atomic mass is 10.2. The molecule has 0 bridgehead atoms. The van der Waals surface area contributed by atoms with E-state index in [2.05, 4.69) is 15.9 Å². The molecule has 106 valence electrons. The average Bonchev–Trinajstić information content (AvgIpc) is 2.39. The Balaban J connectivity index is 2.36. The van der Waals surface area contributed by atoms with Gasteiger partial charge < -0.3 is 0 Å². The lowest BCUT2D eigenvalue weighted by Gasteiger charge is -2.26. The van der Waals surface area contributed by atoms with Gasteiger partial charge in [-0.1, -0.05) is 6.07 Å². The molecule has 0 amide bonds. The first-order valence-electron chi connectivity index (χ1n) is 5.64. The van der Waals surface area contributed by atoms with Crippen LogP contribution in [-0.4, -0.2) is 41.5 Å². The molecule has 1 saturated heterocycles. The second-order valence-corrected chi connectivity index (χ2v) is 8.87. The van der Waals surface area contributed by atoms with E-state index in [4.69, 9.17) is 11.6 Å². The summed E-state index contributed by atoms with van der Waals surface area (Å²) in [7, 11) is -4.46. The van der Waals surface area contributed by atoms with Crippen molar-refractivity contribution in [2.45, 2.75) is 10.8 Å². The summed E-state index contributed by atoms with van der Waals surface area (Å²) in [6, 6.07) is 5.05. The van der Waals surface area contributed by atoms with Crippen LogP contribution in [0.5, 0.6) is 0 Å². The Morgan fingerprint density at radius 1 is 1.32 bits per heavy atom. The van der Waals surface area contributed by atoms with E-state index in [0.29, 0.717) is 29.1 Å². The van der Waals surface area contributed by atoms with Gasteiger partial charge in [0.05, 0.1) is 4.90 Å². The molecule has 0 spiro atoms. The SMILES string of the molecule is O=S1CCN(S(=O)(=O)c2cc(CCl)ccc2Br)CC1. The molecule has 8 heteroatoms. The normalized spacial score (nSPS) is 18.6. The van der Waals surface area contributed by atoms with Crippen LogP contribution in [0.25, 0.3) is 0 Å². The summed E-state index contributed by atoms with van der Waals surface area (Å²) >= 11 is 9.01. The minimum Gasteiger partial charge on any atom is -0.259 e. The van der Waals surface area contributed by atoms with Crippen molar-refractivity contribution < 1.29 is 12.6 Å². The Hall–Kier alpha value is 0.0500. The molecule has 1 fully saturated rings. The summed E-state index contributed by atoms with van der Waals surface area (Å²) in [6.07, 6.45) is 0. The molecule has 1 aliphatic heterocycles. The summed E-state index contributed by atoms with van der Waals surface area (Å²) in [6.45, 7) is 0.596. The third-order valence-electron chi connectivity index (χ3n) is 2.90. The zero-order valence-electron chi connectivity index (χ0n) is 10.0. The van der Waals surface area contributed by atoms with Crippen LogP contribution < -0.4 is 0 Å². The molecule has 2 rings (SSSR count). The lowest BCUT2D eigenvalue weighted by molar-refractivity contribution is 0.438. The molecule has 0 saturated carbocycles. The van der Waals surface area contributed by atoms with E-state index in [-0.39, 0.29) is 10.8 Å². The van der Waals surface area contributed by atoms with Gasteiger partial charge >= 0.3 is 0 Å². The van der Waals surface area contributed by atoms with Gasteiger partial charge in [-0.2, -0.15) is 4.31 Å². The number of sulfonamides is 1. The minimum absolute atomic E-state index is 0.221. The fraction of sp³-hybridized carbons (Fsp3) is 0.455. The summed E-state index contributed by atoms with van der Waals surface area (Å²) < 4.78 is 38.3. The molecule has 0 aromatic heterocycles. The molecule has 1 aromatic rings. The van der Waals surface area contributed by atoms with E-state index in [1.807, 2.05) is 0 Å². The van der Waals surface area contributed by atoms with Crippen molar-refractivity contribution >= 4 is 48.4 Å². The highest BCUT2D eigenvalue weighted by molar-refractivity contribution is 9.10. The third kappa shape index (κ3) is 3.39. The molecule has 1 heterocycles. The summed E-state index contributed by atoms with van der Waals surface area (Å²) in [4.78, 5) is 0.221. The molecule has 0 unspecified atom stereocenters. The fourth-order valence-electron chi connectivity index (χ4n) is 1.83. The van der Waals surface area contributed by atoms with Crippen molar-refractivity contribution in [1.82, 2.24) is 4.31 Å². The Morgan fingerprint density at radius 2 is 1.95 bits per heavy atom. The molecule has 0 aliphatic carbocycles.